The summed E-state index contributed by atoms with van der Waals surface area (Å²) in [7, 11) is 0. The largest absolute Gasteiger partial charge is 0.351 e. The van der Waals surface area contributed by atoms with Gasteiger partial charge in [0.15, 0.2) is 0 Å². The number of hydrogen-bond donors (Lipinski definition) is 1. The molecule has 2 rings (SSSR count). The molecule has 1 aromatic carbocycles. The summed E-state index contributed by atoms with van der Waals surface area (Å²) in [5.74, 6) is 0.565. The molecule has 0 radical (unpaired) electrons. The molecule has 1 aromatic rings. The highest BCUT2D eigenvalue weighted by Crippen LogP contribution is 2.31. The number of benzene rings is 1. The first kappa shape index (κ1) is 11.2. The van der Waals surface area contributed by atoms with E-state index in [9.17, 15) is 4.79 Å². The van der Waals surface area contributed by atoms with Crippen LogP contribution in [-0.4, -0.2) is 12.5 Å². The van der Waals surface area contributed by atoms with Crippen LogP contribution in [0, 0.1) is 0 Å². The first-order valence-electron chi connectivity index (χ1n) is 5.84. The quantitative estimate of drug-likeness (QED) is 0.770. The third-order valence-electron chi connectivity index (χ3n) is 3.37. The molecule has 2 nitrogen and oxygen atoms in total. The molecule has 1 heterocycles. The number of carbonyl (C=O) groups is 1. The van der Waals surface area contributed by atoms with Crippen molar-refractivity contribution in [3.8, 4) is 0 Å². The minimum atomic E-state index is 0.0359. The molecule has 0 saturated heterocycles. The summed E-state index contributed by atoms with van der Waals surface area (Å²) in [6.45, 7) is 9.43. The molecule has 2 heteroatoms. The van der Waals surface area contributed by atoms with E-state index in [1.807, 2.05) is 6.07 Å². The first-order chi connectivity index (χ1) is 7.42. The summed E-state index contributed by atoms with van der Waals surface area (Å²) >= 11 is 0. The van der Waals surface area contributed by atoms with Gasteiger partial charge >= 0.3 is 0 Å². The van der Waals surface area contributed by atoms with E-state index in [0.29, 0.717) is 5.92 Å². The Kier molecular flexibility index (Phi) is 2.53. The maximum absolute atomic E-state index is 11.7. The van der Waals surface area contributed by atoms with Gasteiger partial charge in [-0.3, -0.25) is 4.79 Å². The lowest BCUT2D eigenvalue weighted by atomic mass is 9.77. The van der Waals surface area contributed by atoms with E-state index in [0.717, 1.165) is 12.1 Å². The van der Waals surface area contributed by atoms with E-state index in [1.165, 1.54) is 11.1 Å². The lowest BCUT2D eigenvalue weighted by molar-refractivity contribution is 0.0930. The fourth-order valence-electron chi connectivity index (χ4n) is 2.17. The smallest absolute Gasteiger partial charge is 0.251 e. The lowest BCUT2D eigenvalue weighted by Crippen LogP contribution is -2.43. The van der Waals surface area contributed by atoms with Crippen LogP contribution in [0.15, 0.2) is 18.2 Å². The second kappa shape index (κ2) is 3.62. The zero-order valence-corrected chi connectivity index (χ0v) is 10.4. The van der Waals surface area contributed by atoms with Gasteiger partial charge in [0.1, 0.15) is 0 Å². The van der Waals surface area contributed by atoms with E-state index in [4.69, 9.17) is 0 Å². The maximum Gasteiger partial charge on any atom is 0.251 e. The molecule has 86 valence electrons. The second-order valence-corrected chi connectivity index (χ2v) is 5.53. The highest BCUT2D eigenvalue weighted by atomic mass is 16.1. The van der Waals surface area contributed by atoms with Crippen LogP contribution in [-0.2, 0) is 5.41 Å². The summed E-state index contributed by atoms with van der Waals surface area (Å²) < 4.78 is 0. The minimum absolute atomic E-state index is 0.0359. The fourth-order valence-corrected chi connectivity index (χ4v) is 2.17. The molecular formula is C14H19NO. The van der Waals surface area contributed by atoms with Crippen molar-refractivity contribution in [3.63, 3.8) is 0 Å². The molecule has 0 spiro atoms. The van der Waals surface area contributed by atoms with Crippen molar-refractivity contribution in [1.82, 2.24) is 5.32 Å². The predicted molar refractivity (Wildman–Crippen MR) is 65.9 cm³/mol. The Hall–Kier alpha value is -1.31. The third kappa shape index (κ3) is 1.73. The van der Waals surface area contributed by atoms with Crippen LogP contribution in [0.4, 0.5) is 0 Å². The van der Waals surface area contributed by atoms with Crippen LogP contribution in [0.2, 0.25) is 0 Å². The van der Waals surface area contributed by atoms with E-state index in [1.54, 1.807) is 0 Å². The monoisotopic (exact) mass is 217 g/mol. The van der Waals surface area contributed by atoms with Gasteiger partial charge in [-0.1, -0.05) is 39.8 Å². The molecular weight excluding hydrogens is 198 g/mol. The van der Waals surface area contributed by atoms with Gasteiger partial charge in [0.2, 0.25) is 0 Å². The molecule has 0 unspecified atom stereocenters. The van der Waals surface area contributed by atoms with Crippen LogP contribution in [0.5, 0.6) is 0 Å². The SMILES string of the molecule is CC(C)c1ccc2c(c1)C(C)(C)CNC2=O. The van der Waals surface area contributed by atoms with Crippen molar-refractivity contribution in [1.29, 1.82) is 0 Å². The third-order valence-corrected chi connectivity index (χ3v) is 3.37. The normalized spacial score (nSPS) is 18.2. The number of carbonyl (C=O) groups excluding carboxylic acids is 1. The molecule has 1 aliphatic rings. The molecule has 0 aromatic heterocycles. The molecule has 16 heavy (non-hydrogen) atoms. The van der Waals surface area contributed by atoms with Gasteiger partial charge < -0.3 is 5.32 Å². The topological polar surface area (TPSA) is 29.1 Å². The molecule has 0 fully saturated rings. The number of rotatable bonds is 1. The Balaban J connectivity index is 2.58. The van der Waals surface area contributed by atoms with E-state index >= 15 is 0 Å². The van der Waals surface area contributed by atoms with Crippen molar-refractivity contribution >= 4 is 5.91 Å². The summed E-state index contributed by atoms with van der Waals surface area (Å²) in [5.41, 5.74) is 3.36. The Bertz CT molecular complexity index is 432. The zero-order chi connectivity index (χ0) is 11.9. The van der Waals surface area contributed by atoms with Gasteiger partial charge in [0.05, 0.1) is 0 Å². The first-order valence-corrected chi connectivity index (χ1v) is 5.84. The van der Waals surface area contributed by atoms with Crippen LogP contribution in [0.3, 0.4) is 0 Å². The number of fused-ring (bicyclic) bond motifs is 1. The van der Waals surface area contributed by atoms with Crippen molar-refractivity contribution in [2.24, 2.45) is 0 Å². The van der Waals surface area contributed by atoms with Crippen molar-refractivity contribution < 1.29 is 4.79 Å². The standard InChI is InChI=1S/C14H19NO/c1-9(2)10-5-6-11-12(7-10)14(3,4)8-15-13(11)16/h5-7,9H,8H2,1-4H3,(H,15,16). The Morgan fingerprint density at radius 3 is 2.62 bits per heavy atom. The lowest BCUT2D eigenvalue weighted by Gasteiger charge is -2.33. The van der Waals surface area contributed by atoms with Crippen LogP contribution in [0.1, 0.15) is 55.1 Å². The van der Waals surface area contributed by atoms with Gasteiger partial charge in [0, 0.05) is 17.5 Å². The second-order valence-electron chi connectivity index (χ2n) is 5.53. The molecule has 1 amide bonds. The van der Waals surface area contributed by atoms with Crippen molar-refractivity contribution in [2.45, 2.75) is 39.0 Å². The van der Waals surface area contributed by atoms with Gasteiger partial charge in [0.25, 0.3) is 5.91 Å². The Morgan fingerprint density at radius 1 is 1.31 bits per heavy atom. The van der Waals surface area contributed by atoms with Gasteiger partial charge in [-0.2, -0.15) is 0 Å². The van der Waals surface area contributed by atoms with Gasteiger partial charge in [-0.25, -0.2) is 0 Å². The molecule has 1 N–H and O–H groups in total. The van der Waals surface area contributed by atoms with E-state index < -0.39 is 0 Å². The van der Waals surface area contributed by atoms with Gasteiger partial charge in [-0.05, 0) is 23.1 Å². The number of hydrogen-bond acceptors (Lipinski definition) is 1. The van der Waals surface area contributed by atoms with E-state index in [-0.39, 0.29) is 11.3 Å². The Labute approximate surface area is 97.1 Å². The number of nitrogens with one attached hydrogen (secondary N) is 1. The maximum atomic E-state index is 11.7. The average Bonchev–Trinajstić information content (AvgIpc) is 2.23. The summed E-state index contributed by atoms with van der Waals surface area (Å²) in [4.78, 5) is 11.7. The minimum Gasteiger partial charge on any atom is -0.351 e. The highest BCUT2D eigenvalue weighted by Gasteiger charge is 2.31. The van der Waals surface area contributed by atoms with E-state index in [2.05, 4.69) is 45.1 Å². The van der Waals surface area contributed by atoms with Gasteiger partial charge in [-0.15, -0.1) is 0 Å². The zero-order valence-electron chi connectivity index (χ0n) is 10.4. The summed E-state index contributed by atoms with van der Waals surface area (Å²) in [6.07, 6.45) is 0. The van der Waals surface area contributed by atoms with Crippen LogP contribution in [0.25, 0.3) is 0 Å². The molecule has 0 saturated carbocycles. The van der Waals surface area contributed by atoms with Crippen LogP contribution >= 0.6 is 0 Å². The van der Waals surface area contributed by atoms with Crippen molar-refractivity contribution in [3.05, 3.63) is 34.9 Å². The molecule has 0 atom stereocenters. The van der Waals surface area contributed by atoms with Crippen LogP contribution < -0.4 is 5.32 Å². The molecule has 1 aliphatic heterocycles. The predicted octanol–water partition coefficient (Wildman–Crippen LogP) is 2.83. The summed E-state index contributed by atoms with van der Waals surface area (Å²) in [6, 6.07) is 6.21. The fraction of sp³-hybridized carbons (Fsp3) is 0.500. The highest BCUT2D eigenvalue weighted by molar-refractivity contribution is 5.97. The van der Waals surface area contributed by atoms with Crippen molar-refractivity contribution in [2.75, 3.05) is 6.54 Å². The molecule has 0 bridgehead atoms. The summed E-state index contributed by atoms with van der Waals surface area (Å²) in [5, 5.41) is 2.94. The number of amides is 1. The molecule has 0 aliphatic carbocycles. The average molecular weight is 217 g/mol. The Morgan fingerprint density at radius 2 is 2.00 bits per heavy atom.